The van der Waals surface area contributed by atoms with Crippen LogP contribution in [0.25, 0.3) is 5.52 Å². The van der Waals surface area contributed by atoms with Gasteiger partial charge in [0.15, 0.2) is 0 Å². The number of amides is 1. The van der Waals surface area contributed by atoms with Gasteiger partial charge < -0.3 is 14.3 Å². The fourth-order valence-electron chi connectivity index (χ4n) is 4.95. The molecule has 2 aliphatic rings. The summed E-state index contributed by atoms with van der Waals surface area (Å²) in [5.74, 6) is 0.499. The lowest BCUT2D eigenvalue weighted by Crippen LogP contribution is -2.41. The quantitative estimate of drug-likeness (QED) is 0.482. The van der Waals surface area contributed by atoms with E-state index in [1.54, 1.807) is 11.2 Å². The summed E-state index contributed by atoms with van der Waals surface area (Å²) in [6.45, 7) is 4.74. The lowest BCUT2D eigenvalue weighted by molar-refractivity contribution is 0.0642. The van der Waals surface area contributed by atoms with Crippen LogP contribution in [0.15, 0.2) is 35.1 Å². The van der Waals surface area contributed by atoms with Crippen molar-refractivity contribution in [2.75, 3.05) is 6.54 Å². The van der Waals surface area contributed by atoms with E-state index in [1.807, 2.05) is 35.8 Å². The molecule has 1 unspecified atom stereocenters. The zero-order chi connectivity index (χ0) is 22.0. The highest BCUT2D eigenvalue weighted by Gasteiger charge is 2.42. The van der Waals surface area contributed by atoms with Crippen LogP contribution in [0.4, 0.5) is 0 Å². The lowest BCUT2D eigenvalue weighted by atomic mass is 9.75. The van der Waals surface area contributed by atoms with Crippen molar-refractivity contribution in [1.82, 2.24) is 34.7 Å². The van der Waals surface area contributed by atoms with E-state index in [1.165, 1.54) is 0 Å². The molecule has 1 amide bonds. The number of hydrogen-bond acceptors (Lipinski definition) is 6. The summed E-state index contributed by atoms with van der Waals surface area (Å²) in [6, 6.07) is 5.61. The Bertz CT molecular complexity index is 1330. The normalized spacial score (nSPS) is 25.0. The Kier molecular flexibility index (Phi) is 4.27. The van der Waals surface area contributed by atoms with Gasteiger partial charge in [0.05, 0.1) is 23.2 Å². The molecule has 9 nitrogen and oxygen atoms in total. The molecule has 2 atom stereocenters. The van der Waals surface area contributed by atoms with Gasteiger partial charge >= 0.3 is 11.8 Å². The average molecular weight is 449 g/mol. The third kappa shape index (κ3) is 3.06. The van der Waals surface area contributed by atoms with Gasteiger partial charge in [0.25, 0.3) is 0 Å². The molecule has 32 heavy (non-hydrogen) atoms. The molecule has 4 aromatic rings. The molecule has 5 heterocycles. The first-order valence-corrected chi connectivity index (χ1v) is 11.4. The highest BCUT2D eigenvalue weighted by Crippen LogP contribution is 2.49. The molecule has 1 aliphatic heterocycles. The largest absolute Gasteiger partial charge is 0.417 e. The Labute approximate surface area is 186 Å². The molecule has 1 fully saturated rings. The van der Waals surface area contributed by atoms with Crippen molar-refractivity contribution in [2.45, 2.75) is 50.2 Å². The van der Waals surface area contributed by atoms with Gasteiger partial charge in [0, 0.05) is 30.8 Å². The number of hydrogen-bond donors (Lipinski definition) is 1. The number of carbonyl (C=O) groups excluding carboxylic acids is 1. The third-order valence-electron chi connectivity index (χ3n) is 6.60. The molecule has 4 aromatic heterocycles. The van der Waals surface area contributed by atoms with Gasteiger partial charge in [-0.3, -0.25) is 4.79 Å². The first-order chi connectivity index (χ1) is 15.4. The van der Waals surface area contributed by atoms with Gasteiger partial charge in [-0.15, -0.1) is 19.4 Å². The number of H-pyrrole nitrogens is 1. The van der Waals surface area contributed by atoms with Crippen LogP contribution >= 0.6 is 9.24 Å². The molecular weight excluding hydrogens is 425 g/mol. The van der Waals surface area contributed by atoms with Crippen molar-refractivity contribution >= 4 is 20.7 Å². The predicted molar refractivity (Wildman–Crippen MR) is 119 cm³/mol. The van der Waals surface area contributed by atoms with Crippen LogP contribution in [0.1, 0.15) is 70.9 Å². The summed E-state index contributed by atoms with van der Waals surface area (Å²) in [4.78, 5) is 23.0. The number of fused-ring (bicyclic) bond motifs is 2. The summed E-state index contributed by atoms with van der Waals surface area (Å²) < 4.78 is 7.69. The molecule has 0 aromatic carbocycles. The fourth-order valence-corrected chi connectivity index (χ4v) is 5.52. The standard InChI is InChI=1S/C22H24N7O2P/c1-12-4-3-6-29-16(12)8-15(27-29)18-17-14(23-11-24-17)5-7-28(18)21(30)20-26-25-19(31-20)13-9-22(2,32)10-13/h3-4,6,8,11,13,18H,5,7,9-10,32H2,1-2H3,(H,23,24)/t13?,18-,22?/m0/s1. The third-order valence-corrected chi connectivity index (χ3v) is 7.07. The maximum Gasteiger partial charge on any atom is 0.312 e. The summed E-state index contributed by atoms with van der Waals surface area (Å²) in [5.41, 5.74) is 4.71. The molecule has 0 spiro atoms. The molecule has 0 bridgehead atoms. The number of nitrogens with one attached hydrogen (secondary N) is 1. The van der Waals surface area contributed by atoms with E-state index in [2.05, 4.69) is 36.3 Å². The number of imidazole rings is 1. The van der Waals surface area contributed by atoms with E-state index in [-0.39, 0.29) is 22.9 Å². The van der Waals surface area contributed by atoms with Crippen LogP contribution in [0.2, 0.25) is 0 Å². The number of aromatic nitrogens is 6. The van der Waals surface area contributed by atoms with Crippen molar-refractivity contribution in [2.24, 2.45) is 0 Å². The Morgan fingerprint density at radius 1 is 1.34 bits per heavy atom. The van der Waals surface area contributed by atoms with Crippen molar-refractivity contribution in [3.05, 3.63) is 65.1 Å². The topological polar surface area (TPSA) is 105 Å². The monoisotopic (exact) mass is 449 g/mol. The van der Waals surface area contributed by atoms with Crippen LogP contribution in [-0.4, -0.2) is 52.3 Å². The molecular formula is C22H24N7O2P. The van der Waals surface area contributed by atoms with Gasteiger partial charge in [-0.25, -0.2) is 9.50 Å². The summed E-state index contributed by atoms with van der Waals surface area (Å²) in [6.07, 6.45) is 6.18. The zero-order valence-corrected chi connectivity index (χ0v) is 19.1. The van der Waals surface area contributed by atoms with Gasteiger partial charge in [-0.1, -0.05) is 13.0 Å². The van der Waals surface area contributed by atoms with E-state index >= 15 is 0 Å². The summed E-state index contributed by atoms with van der Waals surface area (Å²) >= 11 is 0. The second-order valence-electron chi connectivity index (χ2n) is 9.21. The van der Waals surface area contributed by atoms with Crippen molar-refractivity contribution in [3.8, 4) is 0 Å². The second kappa shape index (κ2) is 6.97. The maximum atomic E-state index is 13.5. The summed E-state index contributed by atoms with van der Waals surface area (Å²) in [5, 5.41) is 13.3. The SMILES string of the molecule is Cc1cccn2nc([C@H]3c4nc[nH]c4CCN3C(=O)c3nnc(C4CC(C)(P)C4)o3)cc12. The molecule has 1 saturated carbocycles. The maximum absolute atomic E-state index is 13.5. The Morgan fingerprint density at radius 2 is 2.19 bits per heavy atom. The second-order valence-corrected chi connectivity index (χ2v) is 10.6. The van der Waals surface area contributed by atoms with Gasteiger partial charge in [0.1, 0.15) is 6.04 Å². The minimum Gasteiger partial charge on any atom is -0.417 e. The van der Waals surface area contributed by atoms with Crippen molar-refractivity contribution in [1.29, 1.82) is 0 Å². The molecule has 0 radical (unpaired) electrons. The molecule has 1 aliphatic carbocycles. The van der Waals surface area contributed by atoms with Crippen LogP contribution in [0, 0.1) is 6.92 Å². The predicted octanol–water partition coefficient (Wildman–Crippen LogP) is 3.05. The Balaban J connectivity index is 1.36. The molecule has 164 valence electrons. The zero-order valence-electron chi connectivity index (χ0n) is 17.9. The molecule has 0 saturated heterocycles. The highest BCUT2D eigenvalue weighted by molar-refractivity contribution is 7.19. The first-order valence-electron chi connectivity index (χ1n) is 10.8. The molecule has 10 heteroatoms. The van der Waals surface area contributed by atoms with Crippen LogP contribution in [0.3, 0.4) is 0 Å². The number of rotatable bonds is 3. The van der Waals surface area contributed by atoms with Crippen LogP contribution in [-0.2, 0) is 6.42 Å². The number of aromatic amines is 1. The van der Waals surface area contributed by atoms with E-state index in [0.29, 0.717) is 18.9 Å². The number of carbonyl (C=O) groups is 1. The average Bonchev–Trinajstić information content (AvgIpc) is 3.49. The van der Waals surface area contributed by atoms with E-state index in [0.717, 1.165) is 41.0 Å². The molecule has 1 N–H and O–H groups in total. The number of pyridine rings is 1. The van der Waals surface area contributed by atoms with E-state index < -0.39 is 6.04 Å². The van der Waals surface area contributed by atoms with E-state index in [9.17, 15) is 4.79 Å². The Hall–Kier alpha value is -3.06. The first kappa shape index (κ1) is 19.6. The van der Waals surface area contributed by atoms with Crippen LogP contribution in [0.5, 0.6) is 0 Å². The smallest absolute Gasteiger partial charge is 0.312 e. The minimum absolute atomic E-state index is 0.0290. The van der Waals surface area contributed by atoms with Crippen molar-refractivity contribution < 1.29 is 9.21 Å². The number of nitrogens with zero attached hydrogens (tertiary/aromatic N) is 6. The highest BCUT2D eigenvalue weighted by atomic mass is 31.0. The van der Waals surface area contributed by atoms with Crippen LogP contribution < -0.4 is 0 Å². The van der Waals surface area contributed by atoms with Gasteiger partial charge in [0.2, 0.25) is 5.89 Å². The van der Waals surface area contributed by atoms with Gasteiger partial charge in [-0.2, -0.15) is 5.10 Å². The minimum atomic E-state index is -0.425. The molecule has 6 rings (SSSR count). The number of aryl methyl sites for hydroxylation is 1. The lowest BCUT2D eigenvalue weighted by Gasteiger charge is -2.40. The fraction of sp³-hybridized carbons (Fsp3) is 0.409. The van der Waals surface area contributed by atoms with Crippen molar-refractivity contribution in [3.63, 3.8) is 0 Å². The van der Waals surface area contributed by atoms with Gasteiger partial charge in [-0.05, 0) is 42.6 Å². The Morgan fingerprint density at radius 3 is 2.97 bits per heavy atom. The summed E-state index contributed by atoms with van der Waals surface area (Å²) in [7, 11) is 2.87. The van der Waals surface area contributed by atoms with E-state index in [4.69, 9.17) is 9.52 Å².